The van der Waals surface area contributed by atoms with Gasteiger partial charge >= 0.3 is 5.97 Å². The van der Waals surface area contributed by atoms with Gasteiger partial charge in [-0.05, 0) is 30.4 Å². The van der Waals surface area contributed by atoms with E-state index in [2.05, 4.69) is 5.32 Å². The second-order valence-electron chi connectivity index (χ2n) is 6.49. The molecule has 7 nitrogen and oxygen atoms in total. The smallest absolute Gasteiger partial charge is 0.350 e. The number of carbonyl (C=O) groups excluding carboxylic acids is 2. The van der Waals surface area contributed by atoms with Crippen LogP contribution in [0, 0.1) is 0 Å². The summed E-state index contributed by atoms with van der Waals surface area (Å²) in [5, 5.41) is 5.22. The molecule has 0 bridgehead atoms. The van der Waals surface area contributed by atoms with Crippen molar-refractivity contribution < 1.29 is 22.7 Å². The molecule has 2 aromatic heterocycles. The van der Waals surface area contributed by atoms with Gasteiger partial charge in [0.2, 0.25) is 5.91 Å². The van der Waals surface area contributed by atoms with Crippen LogP contribution in [0.4, 0.5) is 5.69 Å². The van der Waals surface area contributed by atoms with Gasteiger partial charge in [-0.25, -0.2) is 13.2 Å². The molecule has 1 aromatic carbocycles. The SMILES string of the molecule is COC(=O)c1sc2ccccc2c1NC(=O)[C@@H]1CCCN1S(=O)(=O)c1cccs1. The van der Waals surface area contributed by atoms with Crippen LogP contribution in [0.15, 0.2) is 46.0 Å². The van der Waals surface area contributed by atoms with Crippen LogP contribution in [0.2, 0.25) is 0 Å². The highest BCUT2D eigenvalue weighted by atomic mass is 32.2. The van der Waals surface area contributed by atoms with Crippen LogP contribution in [0.3, 0.4) is 0 Å². The third-order valence-corrected chi connectivity index (χ3v) is 9.21. The largest absolute Gasteiger partial charge is 0.465 e. The van der Waals surface area contributed by atoms with Gasteiger partial charge in [-0.1, -0.05) is 24.3 Å². The molecule has 0 aliphatic carbocycles. The molecular formula is C19H18N2O5S3. The van der Waals surface area contributed by atoms with Crippen molar-refractivity contribution in [3.63, 3.8) is 0 Å². The number of esters is 1. The van der Waals surface area contributed by atoms with Crippen molar-refractivity contribution in [1.82, 2.24) is 4.31 Å². The number of benzene rings is 1. The third kappa shape index (κ3) is 3.57. The highest BCUT2D eigenvalue weighted by Gasteiger charge is 2.40. The van der Waals surface area contributed by atoms with E-state index >= 15 is 0 Å². The van der Waals surface area contributed by atoms with Crippen LogP contribution in [0.25, 0.3) is 10.1 Å². The van der Waals surface area contributed by atoms with Gasteiger partial charge in [0.25, 0.3) is 10.0 Å². The molecule has 10 heteroatoms. The van der Waals surface area contributed by atoms with Gasteiger partial charge in [-0.2, -0.15) is 4.31 Å². The van der Waals surface area contributed by atoms with E-state index in [1.807, 2.05) is 24.3 Å². The number of hydrogen-bond donors (Lipinski definition) is 1. The molecule has 4 rings (SSSR count). The molecule has 1 atom stereocenters. The molecule has 1 N–H and O–H groups in total. The van der Waals surface area contributed by atoms with Crippen molar-refractivity contribution in [3.8, 4) is 0 Å². The van der Waals surface area contributed by atoms with Gasteiger partial charge < -0.3 is 10.1 Å². The van der Waals surface area contributed by atoms with Crippen molar-refractivity contribution in [2.45, 2.75) is 23.1 Å². The van der Waals surface area contributed by atoms with Crippen LogP contribution in [0.5, 0.6) is 0 Å². The Hall–Kier alpha value is -2.27. The van der Waals surface area contributed by atoms with Gasteiger partial charge in [0.1, 0.15) is 15.1 Å². The maximum Gasteiger partial charge on any atom is 0.350 e. The van der Waals surface area contributed by atoms with Crippen molar-refractivity contribution >= 4 is 60.3 Å². The molecule has 1 aliphatic rings. The van der Waals surface area contributed by atoms with Crippen molar-refractivity contribution in [2.75, 3.05) is 19.0 Å². The third-order valence-electron chi connectivity index (χ3n) is 4.78. The minimum absolute atomic E-state index is 0.216. The standard InChI is InChI=1S/C19H18N2O5S3/c1-26-19(23)17-16(12-6-2-3-8-14(12)28-17)20-18(22)13-7-4-10-21(13)29(24,25)15-9-5-11-27-15/h2-3,5-6,8-9,11,13H,4,7,10H2,1H3,(H,20,22)/t13-/m0/s1. The first kappa shape index (κ1) is 20.0. The normalized spacial score (nSPS) is 17.5. The molecule has 0 spiro atoms. The number of thiophene rings is 2. The summed E-state index contributed by atoms with van der Waals surface area (Å²) in [7, 11) is -2.46. The number of ether oxygens (including phenoxy) is 1. The fraction of sp³-hybridized carbons (Fsp3) is 0.263. The fourth-order valence-corrected chi connectivity index (χ4v) is 7.28. The molecule has 1 aliphatic heterocycles. The Kier molecular flexibility index (Phi) is 5.43. The predicted molar refractivity (Wildman–Crippen MR) is 113 cm³/mol. The van der Waals surface area contributed by atoms with E-state index < -0.39 is 27.9 Å². The summed E-state index contributed by atoms with van der Waals surface area (Å²) in [5.41, 5.74) is 0.364. The Labute approximate surface area is 176 Å². The minimum atomic E-state index is -3.74. The lowest BCUT2D eigenvalue weighted by molar-refractivity contribution is -0.119. The number of methoxy groups -OCH3 is 1. The molecule has 29 heavy (non-hydrogen) atoms. The number of anilines is 1. The molecule has 3 aromatic rings. The van der Waals surface area contributed by atoms with Gasteiger partial charge in [0.05, 0.1) is 12.8 Å². The number of carbonyl (C=O) groups is 2. The van der Waals surface area contributed by atoms with E-state index in [4.69, 9.17) is 4.74 Å². The lowest BCUT2D eigenvalue weighted by atomic mass is 10.2. The van der Waals surface area contributed by atoms with Gasteiger partial charge in [0.15, 0.2) is 0 Å². The lowest BCUT2D eigenvalue weighted by Crippen LogP contribution is -2.43. The molecule has 1 saturated heterocycles. The number of sulfonamides is 1. The average molecular weight is 451 g/mol. The summed E-state index contributed by atoms with van der Waals surface area (Å²) in [6.45, 7) is 0.284. The number of rotatable bonds is 5. The fourth-order valence-electron chi connectivity index (χ4n) is 3.43. The zero-order chi connectivity index (χ0) is 20.6. The molecule has 0 saturated carbocycles. The summed E-state index contributed by atoms with van der Waals surface area (Å²) < 4.78 is 33.0. The van der Waals surface area contributed by atoms with E-state index in [0.29, 0.717) is 18.5 Å². The van der Waals surface area contributed by atoms with Crippen molar-refractivity contribution in [2.24, 2.45) is 0 Å². The monoisotopic (exact) mass is 450 g/mol. The Balaban J connectivity index is 1.67. The summed E-state index contributed by atoms with van der Waals surface area (Å²) in [6.07, 6.45) is 1.02. The molecule has 3 heterocycles. The average Bonchev–Trinajstić information content (AvgIpc) is 3.47. The first-order valence-corrected chi connectivity index (χ1v) is 12.0. The maximum atomic E-state index is 13.1. The summed E-state index contributed by atoms with van der Waals surface area (Å²) in [4.78, 5) is 25.6. The minimum Gasteiger partial charge on any atom is -0.465 e. The summed E-state index contributed by atoms with van der Waals surface area (Å²) >= 11 is 2.35. The second kappa shape index (κ2) is 7.86. The number of hydrogen-bond acceptors (Lipinski definition) is 7. The van der Waals surface area contributed by atoms with Gasteiger partial charge in [-0.15, -0.1) is 22.7 Å². The zero-order valence-electron chi connectivity index (χ0n) is 15.5. The summed E-state index contributed by atoms with van der Waals surface area (Å²) in [6, 6.07) is 9.70. The lowest BCUT2D eigenvalue weighted by Gasteiger charge is -2.22. The van der Waals surface area contributed by atoms with E-state index in [9.17, 15) is 18.0 Å². The highest BCUT2D eigenvalue weighted by Crippen LogP contribution is 2.37. The van der Waals surface area contributed by atoms with Crippen LogP contribution in [-0.4, -0.2) is 44.3 Å². The molecule has 1 fully saturated rings. The predicted octanol–water partition coefficient (Wildman–Crippen LogP) is 3.54. The first-order chi connectivity index (χ1) is 13.9. The van der Waals surface area contributed by atoms with Crippen LogP contribution < -0.4 is 5.32 Å². The van der Waals surface area contributed by atoms with Crippen LogP contribution in [-0.2, 0) is 19.6 Å². The molecule has 0 unspecified atom stereocenters. The Bertz CT molecular complexity index is 1170. The molecule has 1 amide bonds. The second-order valence-corrected chi connectivity index (χ2v) is 10.6. The number of fused-ring (bicyclic) bond motifs is 1. The first-order valence-electron chi connectivity index (χ1n) is 8.89. The van der Waals surface area contributed by atoms with E-state index in [1.54, 1.807) is 11.4 Å². The van der Waals surface area contributed by atoms with E-state index in [-0.39, 0.29) is 15.6 Å². The van der Waals surface area contributed by atoms with E-state index in [1.165, 1.54) is 28.8 Å². The Morgan fingerprint density at radius 1 is 1.21 bits per heavy atom. The molecular weight excluding hydrogens is 432 g/mol. The van der Waals surface area contributed by atoms with Crippen molar-refractivity contribution in [1.29, 1.82) is 0 Å². The van der Waals surface area contributed by atoms with E-state index in [0.717, 1.165) is 21.4 Å². The topological polar surface area (TPSA) is 92.8 Å². The quantitative estimate of drug-likeness (QED) is 0.600. The summed E-state index contributed by atoms with van der Waals surface area (Å²) in [5.74, 6) is -0.993. The highest BCUT2D eigenvalue weighted by molar-refractivity contribution is 7.91. The van der Waals surface area contributed by atoms with Crippen LogP contribution >= 0.6 is 22.7 Å². The molecule has 152 valence electrons. The zero-order valence-corrected chi connectivity index (χ0v) is 17.9. The number of nitrogens with zero attached hydrogens (tertiary/aromatic N) is 1. The molecule has 0 radical (unpaired) electrons. The Morgan fingerprint density at radius 2 is 2.00 bits per heavy atom. The van der Waals surface area contributed by atoms with Crippen molar-refractivity contribution in [3.05, 3.63) is 46.7 Å². The van der Waals surface area contributed by atoms with Crippen LogP contribution in [0.1, 0.15) is 22.5 Å². The Morgan fingerprint density at radius 3 is 2.72 bits per heavy atom. The number of amides is 1. The van der Waals surface area contributed by atoms with Gasteiger partial charge in [0, 0.05) is 16.6 Å². The maximum absolute atomic E-state index is 13.1. The number of nitrogens with one attached hydrogen (secondary N) is 1. The van der Waals surface area contributed by atoms with Gasteiger partial charge in [-0.3, -0.25) is 4.79 Å².